The molecule has 1 atom stereocenters. The number of amides is 2. The number of anilines is 1. The fourth-order valence-electron chi connectivity index (χ4n) is 4.11. The SMILES string of the molecule is CCC(C(=O)NC(C)(C)C)N(Cc1cccc(OC)c1)C(=O)CN(c1c(C)cccc1C)S(C)(=O)=O. The minimum Gasteiger partial charge on any atom is -0.497 e. The molecule has 0 bridgehead atoms. The molecule has 9 heteroatoms. The van der Waals surface area contributed by atoms with Gasteiger partial charge in [-0.1, -0.05) is 37.3 Å². The Morgan fingerprint density at radius 1 is 1.06 bits per heavy atom. The molecule has 0 aliphatic rings. The first-order chi connectivity index (χ1) is 16.7. The lowest BCUT2D eigenvalue weighted by Gasteiger charge is -2.35. The van der Waals surface area contributed by atoms with Crippen LogP contribution in [0.2, 0.25) is 0 Å². The van der Waals surface area contributed by atoms with Crippen molar-refractivity contribution in [3.8, 4) is 5.75 Å². The molecule has 36 heavy (non-hydrogen) atoms. The van der Waals surface area contributed by atoms with E-state index in [4.69, 9.17) is 4.74 Å². The van der Waals surface area contributed by atoms with Crippen LogP contribution in [0, 0.1) is 13.8 Å². The average Bonchev–Trinajstić information content (AvgIpc) is 2.76. The molecule has 8 nitrogen and oxygen atoms in total. The first kappa shape index (κ1) is 29.2. The van der Waals surface area contributed by atoms with Gasteiger partial charge in [-0.15, -0.1) is 0 Å². The van der Waals surface area contributed by atoms with Crippen molar-refractivity contribution >= 4 is 27.5 Å². The number of ether oxygens (including phenoxy) is 1. The molecule has 0 aliphatic carbocycles. The third-order valence-electron chi connectivity index (χ3n) is 5.74. The number of carbonyl (C=O) groups excluding carboxylic acids is 2. The molecule has 0 heterocycles. The topological polar surface area (TPSA) is 96.0 Å². The van der Waals surface area contributed by atoms with Gasteiger partial charge in [0.1, 0.15) is 18.3 Å². The van der Waals surface area contributed by atoms with Crippen molar-refractivity contribution in [3.05, 3.63) is 59.2 Å². The maximum Gasteiger partial charge on any atom is 0.244 e. The Kier molecular flexibility index (Phi) is 9.54. The van der Waals surface area contributed by atoms with Gasteiger partial charge in [-0.05, 0) is 69.9 Å². The number of aryl methyl sites for hydroxylation is 2. The monoisotopic (exact) mass is 517 g/mol. The molecule has 1 unspecified atom stereocenters. The number of rotatable bonds is 10. The molecule has 0 saturated carbocycles. The number of benzene rings is 2. The van der Waals surface area contributed by atoms with E-state index < -0.39 is 34.1 Å². The molecule has 0 fully saturated rings. The maximum atomic E-state index is 13.8. The van der Waals surface area contributed by atoms with Gasteiger partial charge in [0.05, 0.1) is 19.1 Å². The van der Waals surface area contributed by atoms with E-state index in [0.29, 0.717) is 17.9 Å². The summed E-state index contributed by atoms with van der Waals surface area (Å²) < 4.78 is 32.2. The van der Waals surface area contributed by atoms with E-state index in [1.807, 2.05) is 71.9 Å². The first-order valence-corrected chi connectivity index (χ1v) is 13.8. The lowest BCUT2D eigenvalue weighted by atomic mass is 10.1. The van der Waals surface area contributed by atoms with Crippen LogP contribution in [-0.2, 0) is 26.2 Å². The third-order valence-corrected chi connectivity index (χ3v) is 6.85. The Balaban J connectivity index is 2.53. The van der Waals surface area contributed by atoms with Crippen LogP contribution in [0.5, 0.6) is 5.75 Å². The quantitative estimate of drug-likeness (QED) is 0.517. The Morgan fingerprint density at radius 2 is 1.64 bits per heavy atom. The molecule has 0 saturated heterocycles. The lowest BCUT2D eigenvalue weighted by molar-refractivity contribution is -0.141. The van der Waals surface area contributed by atoms with Crippen LogP contribution in [0.1, 0.15) is 50.8 Å². The largest absolute Gasteiger partial charge is 0.497 e. The predicted octanol–water partition coefficient (Wildman–Crippen LogP) is 3.80. The number of hydrogen-bond donors (Lipinski definition) is 1. The summed E-state index contributed by atoms with van der Waals surface area (Å²) in [6.07, 6.45) is 1.45. The van der Waals surface area contributed by atoms with Crippen LogP contribution in [0.3, 0.4) is 0 Å². The highest BCUT2D eigenvalue weighted by atomic mass is 32.2. The maximum absolute atomic E-state index is 13.8. The van der Waals surface area contributed by atoms with Crippen molar-refractivity contribution < 1.29 is 22.7 Å². The van der Waals surface area contributed by atoms with Gasteiger partial charge in [-0.25, -0.2) is 8.42 Å². The van der Waals surface area contributed by atoms with Crippen molar-refractivity contribution in [1.82, 2.24) is 10.2 Å². The van der Waals surface area contributed by atoms with Crippen LogP contribution in [0.25, 0.3) is 0 Å². The van der Waals surface area contributed by atoms with Crippen molar-refractivity contribution in [2.24, 2.45) is 0 Å². The Morgan fingerprint density at radius 3 is 2.14 bits per heavy atom. The van der Waals surface area contributed by atoms with Gasteiger partial charge in [0.25, 0.3) is 0 Å². The summed E-state index contributed by atoms with van der Waals surface area (Å²) >= 11 is 0. The normalized spacial score (nSPS) is 12.6. The first-order valence-electron chi connectivity index (χ1n) is 12.0. The van der Waals surface area contributed by atoms with Crippen LogP contribution in [-0.4, -0.2) is 56.6 Å². The second-order valence-corrected chi connectivity index (χ2v) is 12.0. The highest BCUT2D eigenvalue weighted by Crippen LogP contribution is 2.27. The second-order valence-electron chi connectivity index (χ2n) is 10.0. The van der Waals surface area contributed by atoms with Gasteiger partial charge in [-0.3, -0.25) is 13.9 Å². The van der Waals surface area contributed by atoms with E-state index >= 15 is 0 Å². The Labute approximate surface area is 215 Å². The van der Waals surface area contributed by atoms with E-state index in [2.05, 4.69) is 5.32 Å². The van der Waals surface area contributed by atoms with Crippen LogP contribution < -0.4 is 14.4 Å². The number of para-hydroxylation sites is 1. The van der Waals surface area contributed by atoms with E-state index in [1.54, 1.807) is 19.2 Å². The lowest BCUT2D eigenvalue weighted by Crippen LogP contribution is -2.55. The Hall–Kier alpha value is -3.07. The summed E-state index contributed by atoms with van der Waals surface area (Å²) in [5.74, 6) is -0.138. The summed E-state index contributed by atoms with van der Waals surface area (Å²) in [4.78, 5) is 28.5. The third kappa shape index (κ3) is 7.71. The van der Waals surface area contributed by atoms with Crippen molar-refractivity contribution in [2.45, 2.75) is 66.1 Å². The van der Waals surface area contributed by atoms with Gasteiger partial charge in [-0.2, -0.15) is 0 Å². The van der Waals surface area contributed by atoms with Gasteiger partial charge < -0.3 is 15.0 Å². The molecule has 2 aromatic carbocycles. The number of hydrogen-bond acceptors (Lipinski definition) is 5. The number of methoxy groups -OCH3 is 1. The van der Waals surface area contributed by atoms with E-state index in [1.165, 1.54) is 4.90 Å². The van der Waals surface area contributed by atoms with Crippen LogP contribution in [0.4, 0.5) is 5.69 Å². The van der Waals surface area contributed by atoms with Crippen LogP contribution >= 0.6 is 0 Å². The predicted molar refractivity (Wildman–Crippen MR) is 144 cm³/mol. The minimum absolute atomic E-state index is 0.121. The summed E-state index contributed by atoms with van der Waals surface area (Å²) in [7, 11) is -2.23. The number of carbonyl (C=O) groups is 2. The number of nitrogens with one attached hydrogen (secondary N) is 1. The molecule has 1 N–H and O–H groups in total. The minimum atomic E-state index is -3.79. The van der Waals surface area contributed by atoms with E-state index in [-0.39, 0.29) is 12.5 Å². The zero-order chi connectivity index (χ0) is 27.3. The summed E-state index contributed by atoms with van der Waals surface area (Å²) in [6.45, 7) is 10.8. The average molecular weight is 518 g/mol. The molecule has 0 aliphatic heterocycles. The molecular weight excluding hydrogens is 478 g/mol. The zero-order valence-electron chi connectivity index (χ0n) is 22.6. The van der Waals surface area contributed by atoms with Gasteiger partial charge in [0, 0.05) is 12.1 Å². The van der Waals surface area contributed by atoms with Gasteiger partial charge in [0.15, 0.2) is 0 Å². The second kappa shape index (κ2) is 11.8. The summed E-state index contributed by atoms with van der Waals surface area (Å²) in [5, 5.41) is 2.96. The molecule has 2 rings (SSSR count). The smallest absolute Gasteiger partial charge is 0.244 e. The number of sulfonamides is 1. The molecule has 0 radical (unpaired) electrons. The highest BCUT2D eigenvalue weighted by molar-refractivity contribution is 7.92. The van der Waals surface area contributed by atoms with E-state index in [9.17, 15) is 18.0 Å². The summed E-state index contributed by atoms with van der Waals surface area (Å²) in [6, 6.07) is 11.9. The summed E-state index contributed by atoms with van der Waals surface area (Å²) in [5.41, 5.74) is 2.23. The van der Waals surface area contributed by atoms with Gasteiger partial charge in [0.2, 0.25) is 21.8 Å². The highest BCUT2D eigenvalue weighted by Gasteiger charge is 2.33. The zero-order valence-corrected chi connectivity index (χ0v) is 23.4. The Bertz CT molecular complexity index is 1170. The van der Waals surface area contributed by atoms with Crippen LogP contribution in [0.15, 0.2) is 42.5 Å². The molecule has 0 aromatic heterocycles. The molecule has 198 valence electrons. The number of nitrogens with zero attached hydrogens (tertiary/aromatic N) is 2. The fraction of sp³-hybridized carbons (Fsp3) is 0.481. The standard InChI is InChI=1S/C27H39N3O5S/c1-9-23(26(32)28-27(4,5)6)29(17-21-14-11-15-22(16-21)35-7)24(31)18-30(36(8,33)34)25-19(2)12-10-13-20(25)3/h10-16,23H,9,17-18H2,1-8H3,(H,28,32). The molecule has 0 spiro atoms. The van der Waals surface area contributed by atoms with Crippen molar-refractivity contribution in [2.75, 3.05) is 24.2 Å². The van der Waals surface area contributed by atoms with Crippen molar-refractivity contribution in [1.29, 1.82) is 0 Å². The fourth-order valence-corrected chi connectivity index (χ4v) is 5.08. The van der Waals surface area contributed by atoms with Gasteiger partial charge >= 0.3 is 0 Å². The van der Waals surface area contributed by atoms with Crippen molar-refractivity contribution in [3.63, 3.8) is 0 Å². The molecule has 2 aromatic rings. The molecular formula is C27H39N3O5S. The molecule has 2 amide bonds. The van der Waals surface area contributed by atoms with E-state index in [0.717, 1.165) is 27.3 Å².